The minimum Gasteiger partial charge on any atom is -0.345 e. The van der Waals surface area contributed by atoms with Gasteiger partial charge in [0.15, 0.2) is 0 Å². The van der Waals surface area contributed by atoms with Crippen LogP contribution >= 0.6 is 27.7 Å². The number of aromatic nitrogens is 3. The van der Waals surface area contributed by atoms with Crippen LogP contribution in [0.3, 0.4) is 0 Å². The lowest BCUT2D eigenvalue weighted by Gasteiger charge is -2.09. The summed E-state index contributed by atoms with van der Waals surface area (Å²) in [7, 11) is -2.29. The molecule has 0 atom stereocenters. The normalized spacial score (nSPS) is 11.7. The Morgan fingerprint density at radius 2 is 2.13 bits per heavy atom. The SMILES string of the molecule is Cn1cc(Br)cc1C(=O)NNS(=O)(=O)c1cccc2nsnc12. The maximum atomic E-state index is 12.4. The Morgan fingerprint density at radius 1 is 1.35 bits per heavy atom. The van der Waals surface area contributed by atoms with Crippen LogP contribution in [0.2, 0.25) is 0 Å². The van der Waals surface area contributed by atoms with E-state index < -0.39 is 15.9 Å². The molecule has 0 fully saturated rings. The van der Waals surface area contributed by atoms with Crippen LogP contribution in [0, 0.1) is 0 Å². The van der Waals surface area contributed by atoms with E-state index in [0.29, 0.717) is 15.7 Å². The van der Waals surface area contributed by atoms with Crippen molar-refractivity contribution >= 4 is 54.6 Å². The lowest BCUT2D eigenvalue weighted by molar-refractivity contribution is 0.0937. The van der Waals surface area contributed by atoms with Gasteiger partial charge in [0.2, 0.25) is 0 Å². The summed E-state index contributed by atoms with van der Waals surface area (Å²) in [5.41, 5.74) is 3.23. The molecule has 1 amide bonds. The Kier molecular flexibility index (Phi) is 4.19. The number of nitrogens with one attached hydrogen (secondary N) is 2. The van der Waals surface area contributed by atoms with E-state index in [-0.39, 0.29) is 10.4 Å². The van der Waals surface area contributed by atoms with Crippen molar-refractivity contribution < 1.29 is 13.2 Å². The fourth-order valence-electron chi connectivity index (χ4n) is 1.98. The van der Waals surface area contributed by atoms with Crippen LogP contribution in [0.15, 0.2) is 39.8 Å². The molecule has 0 radical (unpaired) electrons. The number of sulfonamides is 1. The largest absolute Gasteiger partial charge is 0.345 e. The lowest BCUT2D eigenvalue weighted by atomic mass is 10.3. The van der Waals surface area contributed by atoms with Crippen LogP contribution in [0.25, 0.3) is 11.0 Å². The molecule has 1 aromatic carbocycles. The maximum Gasteiger partial charge on any atom is 0.282 e. The van der Waals surface area contributed by atoms with Crippen molar-refractivity contribution in [3.05, 3.63) is 40.6 Å². The van der Waals surface area contributed by atoms with E-state index >= 15 is 0 Å². The van der Waals surface area contributed by atoms with Gasteiger partial charge in [-0.15, -0.1) is 4.83 Å². The van der Waals surface area contributed by atoms with Crippen molar-refractivity contribution in [2.45, 2.75) is 4.90 Å². The second kappa shape index (κ2) is 6.00. The van der Waals surface area contributed by atoms with Gasteiger partial charge in [0.1, 0.15) is 21.6 Å². The van der Waals surface area contributed by atoms with Gasteiger partial charge in [-0.1, -0.05) is 6.07 Å². The quantitative estimate of drug-likeness (QED) is 0.626. The number of hydrogen-bond donors (Lipinski definition) is 2. The molecular weight excluding hydrogens is 406 g/mol. The van der Waals surface area contributed by atoms with Gasteiger partial charge in [-0.05, 0) is 34.1 Å². The predicted octanol–water partition coefficient (Wildman–Crippen LogP) is 1.42. The molecule has 0 unspecified atom stereocenters. The molecule has 8 nitrogen and oxygen atoms in total. The molecule has 2 N–H and O–H groups in total. The van der Waals surface area contributed by atoms with E-state index in [9.17, 15) is 13.2 Å². The summed E-state index contributed by atoms with van der Waals surface area (Å²) < 4.78 is 35.0. The van der Waals surface area contributed by atoms with Crippen molar-refractivity contribution in [1.82, 2.24) is 23.6 Å². The molecular formula is C12H10BrN5O3S2. The monoisotopic (exact) mass is 415 g/mol. The first-order valence-corrected chi connectivity index (χ1v) is 9.24. The third-order valence-electron chi connectivity index (χ3n) is 3.04. The Morgan fingerprint density at radius 3 is 2.83 bits per heavy atom. The molecule has 2 heterocycles. The summed E-state index contributed by atoms with van der Waals surface area (Å²) in [6.45, 7) is 0. The molecule has 0 aliphatic rings. The number of aryl methyl sites for hydroxylation is 1. The highest BCUT2D eigenvalue weighted by Gasteiger charge is 2.21. The number of amides is 1. The van der Waals surface area contributed by atoms with Gasteiger partial charge in [0, 0.05) is 17.7 Å². The average molecular weight is 416 g/mol. The number of carbonyl (C=O) groups is 1. The molecule has 3 aromatic rings. The highest BCUT2D eigenvalue weighted by Crippen LogP contribution is 2.20. The van der Waals surface area contributed by atoms with Crippen molar-refractivity contribution in [1.29, 1.82) is 0 Å². The summed E-state index contributed by atoms with van der Waals surface area (Å²) in [5, 5.41) is 0. The number of benzene rings is 1. The van der Waals surface area contributed by atoms with Crippen molar-refractivity contribution in [3.63, 3.8) is 0 Å². The third kappa shape index (κ3) is 3.13. The Hall–Kier alpha value is -1.82. The van der Waals surface area contributed by atoms with Crippen LogP contribution in [0.1, 0.15) is 10.5 Å². The molecule has 0 saturated carbocycles. The number of nitrogens with zero attached hydrogens (tertiary/aromatic N) is 3. The minimum absolute atomic E-state index is 0.0443. The van der Waals surface area contributed by atoms with Gasteiger partial charge in [-0.2, -0.15) is 8.75 Å². The Balaban J connectivity index is 1.83. The molecule has 23 heavy (non-hydrogen) atoms. The van der Waals surface area contributed by atoms with Crippen molar-refractivity contribution in [2.24, 2.45) is 7.05 Å². The fraction of sp³-hybridized carbons (Fsp3) is 0.0833. The minimum atomic E-state index is -3.96. The fourth-order valence-corrected chi connectivity index (χ4v) is 4.11. The number of hydrogen-bond acceptors (Lipinski definition) is 6. The van der Waals surface area contributed by atoms with Gasteiger partial charge in [0.05, 0.1) is 11.7 Å². The Labute approximate surface area is 144 Å². The number of hydrazine groups is 1. The second-order valence-corrected chi connectivity index (χ2v) is 7.70. The summed E-state index contributed by atoms with van der Waals surface area (Å²) in [4.78, 5) is 14.1. The van der Waals surface area contributed by atoms with Crippen LogP contribution in [-0.2, 0) is 17.1 Å². The summed E-state index contributed by atoms with van der Waals surface area (Å²) in [5.74, 6) is -0.578. The zero-order valence-electron chi connectivity index (χ0n) is 11.6. The number of halogens is 1. The first-order chi connectivity index (χ1) is 10.9. The molecule has 120 valence electrons. The predicted molar refractivity (Wildman–Crippen MR) is 88.3 cm³/mol. The Bertz CT molecular complexity index is 995. The first kappa shape index (κ1) is 16.1. The highest BCUT2D eigenvalue weighted by molar-refractivity contribution is 9.10. The van der Waals surface area contributed by atoms with E-state index in [1.807, 2.05) is 0 Å². The molecule has 0 bridgehead atoms. The summed E-state index contributed by atoms with van der Waals surface area (Å²) in [6, 6.07) is 6.21. The molecule has 3 rings (SSSR count). The van der Waals surface area contributed by atoms with E-state index in [0.717, 1.165) is 11.7 Å². The van der Waals surface area contributed by atoms with Crippen molar-refractivity contribution in [2.75, 3.05) is 0 Å². The third-order valence-corrected chi connectivity index (χ3v) is 5.30. The van der Waals surface area contributed by atoms with E-state index in [4.69, 9.17) is 0 Å². The van der Waals surface area contributed by atoms with Crippen molar-refractivity contribution in [3.8, 4) is 0 Å². The standard InChI is InChI=1S/C12H10BrN5O3S2/c1-18-6-7(13)5-9(18)12(19)14-17-23(20,21)10-4-2-3-8-11(10)16-22-15-8/h2-6,17H,1H3,(H,14,19). The van der Waals surface area contributed by atoms with Crippen LogP contribution in [-0.4, -0.2) is 27.6 Å². The van der Waals surface area contributed by atoms with Gasteiger partial charge >= 0.3 is 0 Å². The molecule has 0 aliphatic carbocycles. The highest BCUT2D eigenvalue weighted by atomic mass is 79.9. The zero-order chi connectivity index (χ0) is 16.6. The van der Waals surface area contributed by atoms with E-state index in [1.54, 1.807) is 36.0 Å². The molecule has 11 heteroatoms. The van der Waals surface area contributed by atoms with E-state index in [1.165, 1.54) is 6.07 Å². The number of rotatable bonds is 4. The number of fused-ring (bicyclic) bond motifs is 1. The van der Waals surface area contributed by atoms with Crippen LogP contribution in [0.5, 0.6) is 0 Å². The average Bonchev–Trinajstić information content (AvgIpc) is 3.10. The smallest absolute Gasteiger partial charge is 0.282 e. The topological polar surface area (TPSA) is 106 Å². The lowest BCUT2D eigenvalue weighted by Crippen LogP contribution is -2.42. The van der Waals surface area contributed by atoms with Gasteiger partial charge < -0.3 is 4.57 Å². The molecule has 2 aromatic heterocycles. The number of carbonyl (C=O) groups excluding carboxylic acids is 1. The van der Waals surface area contributed by atoms with E-state index in [2.05, 4.69) is 34.9 Å². The first-order valence-electron chi connectivity index (χ1n) is 6.24. The molecule has 0 saturated heterocycles. The zero-order valence-corrected chi connectivity index (χ0v) is 14.9. The molecule has 0 aliphatic heterocycles. The van der Waals surface area contributed by atoms with Gasteiger partial charge in [-0.25, -0.2) is 8.42 Å². The van der Waals surface area contributed by atoms with Gasteiger partial charge in [0.25, 0.3) is 15.9 Å². The molecule has 0 spiro atoms. The maximum absolute atomic E-state index is 12.4. The van der Waals surface area contributed by atoms with Gasteiger partial charge in [-0.3, -0.25) is 10.2 Å². The van der Waals surface area contributed by atoms with Crippen LogP contribution < -0.4 is 10.3 Å². The second-order valence-electron chi connectivity index (χ2n) is 4.60. The summed E-state index contributed by atoms with van der Waals surface area (Å²) in [6.07, 6.45) is 1.69. The summed E-state index contributed by atoms with van der Waals surface area (Å²) >= 11 is 4.17. The van der Waals surface area contributed by atoms with Crippen LogP contribution in [0.4, 0.5) is 0 Å².